The first-order valence-electron chi connectivity index (χ1n) is 6.26. The molecule has 0 aromatic carbocycles. The molecule has 0 aliphatic heterocycles. The monoisotopic (exact) mass is 319 g/mol. The molecular formula is C13H22BrNOS. The lowest BCUT2D eigenvalue weighted by Crippen LogP contribution is -2.24. The van der Waals surface area contributed by atoms with Gasteiger partial charge in [-0.2, -0.15) is 11.8 Å². The zero-order valence-corrected chi connectivity index (χ0v) is 13.2. The molecular weight excluding hydrogens is 298 g/mol. The average molecular weight is 320 g/mol. The standard InChI is InChI=1S/C13H22BrNOS/c1-4-7-15-12(9-17-10(3)5-2)13-11(14)6-8-16-13/h6,8,10,12,15H,4-5,7,9H2,1-3H3. The fourth-order valence-electron chi connectivity index (χ4n) is 1.48. The Labute approximate surface area is 117 Å². The third-order valence-electron chi connectivity index (χ3n) is 2.72. The minimum atomic E-state index is 0.304. The molecule has 98 valence electrons. The molecule has 0 fully saturated rings. The summed E-state index contributed by atoms with van der Waals surface area (Å²) in [5.74, 6) is 2.08. The topological polar surface area (TPSA) is 25.2 Å². The quantitative estimate of drug-likeness (QED) is 0.757. The summed E-state index contributed by atoms with van der Waals surface area (Å²) in [6.45, 7) is 7.72. The van der Waals surface area contributed by atoms with Crippen molar-refractivity contribution in [1.82, 2.24) is 5.32 Å². The molecule has 4 heteroatoms. The van der Waals surface area contributed by atoms with E-state index in [1.54, 1.807) is 6.26 Å². The minimum Gasteiger partial charge on any atom is -0.466 e. The second-order valence-electron chi connectivity index (χ2n) is 4.19. The van der Waals surface area contributed by atoms with E-state index >= 15 is 0 Å². The highest BCUT2D eigenvalue weighted by atomic mass is 79.9. The number of halogens is 1. The van der Waals surface area contributed by atoms with Crippen LogP contribution < -0.4 is 5.32 Å². The Hall–Kier alpha value is 0.0700. The van der Waals surface area contributed by atoms with Gasteiger partial charge in [0.2, 0.25) is 0 Å². The van der Waals surface area contributed by atoms with Gasteiger partial charge >= 0.3 is 0 Å². The van der Waals surface area contributed by atoms with Crippen molar-refractivity contribution in [3.8, 4) is 0 Å². The lowest BCUT2D eigenvalue weighted by molar-refractivity contribution is 0.432. The Morgan fingerprint density at radius 3 is 2.76 bits per heavy atom. The van der Waals surface area contributed by atoms with Gasteiger partial charge in [0.15, 0.2) is 0 Å². The van der Waals surface area contributed by atoms with Gasteiger partial charge in [0.25, 0.3) is 0 Å². The van der Waals surface area contributed by atoms with Crippen LogP contribution in [0.15, 0.2) is 21.2 Å². The molecule has 2 atom stereocenters. The van der Waals surface area contributed by atoms with E-state index in [-0.39, 0.29) is 0 Å². The lowest BCUT2D eigenvalue weighted by Gasteiger charge is -2.18. The normalized spacial score (nSPS) is 14.8. The molecule has 2 nitrogen and oxygen atoms in total. The van der Waals surface area contributed by atoms with Gasteiger partial charge in [-0.15, -0.1) is 0 Å². The second kappa shape index (κ2) is 8.22. The molecule has 0 aliphatic carbocycles. The van der Waals surface area contributed by atoms with Crippen molar-refractivity contribution < 1.29 is 4.42 Å². The molecule has 2 unspecified atom stereocenters. The first-order chi connectivity index (χ1) is 8.19. The molecule has 1 rings (SSSR count). The van der Waals surface area contributed by atoms with Gasteiger partial charge in [0, 0.05) is 11.0 Å². The van der Waals surface area contributed by atoms with Crippen LogP contribution >= 0.6 is 27.7 Å². The van der Waals surface area contributed by atoms with Crippen LogP contribution in [0.5, 0.6) is 0 Å². The molecule has 1 aromatic rings. The Morgan fingerprint density at radius 2 is 2.24 bits per heavy atom. The predicted octanol–water partition coefficient (Wildman–Crippen LogP) is 4.61. The number of hydrogen-bond acceptors (Lipinski definition) is 3. The van der Waals surface area contributed by atoms with E-state index in [1.807, 2.05) is 17.8 Å². The van der Waals surface area contributed by atoms with Gasteiger partial charge in [-0.05, 0) is 41.4 Å². The van der Waals surface area contributed by atoms with Gasteiger partial charge < -0.3 is 9.73 Å². The molecule has 0 radical (unpaired) electrons. The van der Waals surface area contributed by atoms with E-state index in [0.29, 0.717) is 11.3 Å². The summed E-state index contributed by atoms with van der Waals surface area (Å²) < 4.78 is 6.63. The van der Waals surface area contributed by atoms with Crippen LogP contribution in [0.3, 0.4) is 0 Å². The van der Waals surface area contributed by atoms with E-state index in [4.69, 9.17) is 4.42 Å². The lowest BCUT2D eigenvalue weighted by atomic mass is 10.2. The minimum absolute atomic E-state index is 0.304. The van der Waals surface area contributed by atoms with Crippen LogP contribution in [0.1, 0.15) is 45.4 Å². The third-order valence-corrected chi connectivity index (χ3v) is 4.81. The highest BCUT2D eigenvalue weighted by Gasteiger charge is 2.18. The van der Waals surface area contributed by atoms with Crippen molar-refractivity contribution in [3.05, 3.63) is 22.6 Å². The third kappa shape index (κ3) is 5.06. The van der Waals surface area contributed by atoms with Crippen LogP contribution in [-0.2, 0) is 0 Å². The number of rotatable bonds is 8. The average Bonchev–Trinajstić information content (AvgIpc) is 2.75. The van der Waals surface area contributed by atoms with Gasteiger partial charge in [0.05, 0.1) is 16.8 Å². The van der Waals surface area contributed by atoms with Crippen LogP contribution in [0.2, 0.25) is 0 Å². The summed E-state index contributed by atoms with van der Waals surface area (Å²) in [4.78, 5) is 0. The Morgan fingerprint density at radius 1 is 1.47 bits per heavy atom. The second-order valence-corrected chi connectivity index (χ2v) is 6.52. The first kappa shape index (κ1) is 15.1. The fraction of sp³-hybridized carbons (Fsp3) is 0.692. The number of nitrogens with one attached hydrogen (secondary N) is 1. The fourth-order valence-corrected chi connectivity index (χ4v) is 2.98. The van der Waals surface area contributed by atoms with Gasteiger partial charge in [-0.1, -0.05) is 20.8 Å². The molecule has 0 saturated carbocycles. The molecule has 0 saturated heterocycles. The zero-order valence-electron chi connectivity index (χ0n) is 10.8. The van der Waals surface area contributed by atoms with Crippen molar-refractivity contribution in [2.75, 3.05) is 12.3 Å². The van der Waals surface area contributed by atoms with Crippen molar-refractivity contribution >= 4 is 27.7 Å². The molecule has 17 heavy (non-hydrogen) atoms. The molecule has 1 N–H and O–H groups in total. The highest BCUT2D eigenvalue weighted by molar-refractivity contribution is 9.10. The summed E-state index contributed by atoms with van der Waals surface area (Å²) in [6, 6.07) is 2.27. The molecule has 1 aromatic heterocycles. The maximum Gasteiger partial charge on any atom is 0.135 e. The van der Waals surface area contributed by atoms with Crippen molar-refractivity contribution in [2.24, 2.45) is 0 Å². The van der Waals surface area contributed by atoms with E-state index in [1.165, 1.54) is 6.42 Å². The van der Waals surface area contributed by atoms with E-state index in [2.05, 4.69) is 42.0 Å². The predicted molar refractivity (Wildman–Crippen MR) is 79.7 cm³/mol. The van der Waals surface area contributed by atoms with E-state index in [9.17, 15) is 0 Å². The van der Waals surface area contributed by atoms with Crippen LogP contribution in [0.4, 0.5) is 0 Å². The maximum absolute atomic E-state index is 5.57. The zero-order chi connectivity index (χ0) is 12.7. The summed E-state index contributed by atoms with van der Waals surface area (Å²) in [5, 5.41) is 4.25. The molecule has 0 spiro atoms. The van der Waals surface area contributed by atoms with Gasteiger partial charge in [-0.3, -0.25) is 0 Å². The maximum atomic E-state index is 5.57. The van der Waals surface area contributed by atoms with Gasteiger partial charge in [0.1, 0.15) is 5.76 Å². The highest BCUT2D eigenvalue weighted by Crippen LogP contribution is 2.28. The van der Waals surface area contributed by atoms with Crippen molar-refractivity contribution in [1.29, 1.82) is 0 Å². The number of thioether (sulfide) groups is 1. The van der Waals surface area contributed by atoms with E-state index in [0.717, 1.165) is 29.0 Å². The summed E-state index contributed by atoms with van der Waals surface area (Å²) in [6.07, 6.45) is 4.10. The van der Waals surface area contributed by atoms with E-state index < -0.39 is 0 Å². The summed E-state index contributed by atoms with van der Waals surface area (Å²) in [5.41, 5.74) is 0. The van der Waals surface area contributed by atoms with Crippen molar-refractivity contribution in [2.45, 2.75) is 44.9 Å². The Balaban J connectivity index is 2.57. The van der Waals surface area contributed by atoms with Crippen molar-refractivity contribution in [3.63, 3.8) is 0 Å². The summed E-state index contributed by atoms with van der Waals surface area (Å²) >= 11 is 5.54. The first-order valence-corrected chi connectivity index (χ1v) is 8.11. The summed E-state index contributed by atoms with van der Waals surface area (Å²) in [7, 11) is 0. The number of hydrogen-bond donors (Lipinski definition) is 1. The number of furan rings is 1. The van der Waals surface area contributed by atoms with Crippen LogP contribution in [-0.4, -0.2) is 17.5 Å². The molecule has 0 bridgehead atoms. The largest absolute Gasteiger partial charge is 0.466 e. The molecule has 0 aliphatic rings. The molecule has 1 heterocycles. The van der Waals surface area contributed by atoms with Gasteiger partial charge in [-0.25, -0.2) is 0 Å². The molecule has 0 amide bonds. The van der Waals surface area contributed by atoms with Crippen LogP contribution in [0, 0.1) is 0 Å². The smallest absolute Gasteiger partial charge is 0.135 e. The Bertz CT molecular complexity index is 316. The Kier molecular flexibility index (Phi) is 7.32. The SMILES string of the molecule is CCCNC(CSC(C)CC)c1occc1Br. The van der Waals surface area contributed by atoms with Crippen LogP contribution in [0.25, 0.3) is 0 Å².